The monoisotopic (exact) mass is 424 g/mol. The molecule has 1 fully saturated rings. The second-order valence-corrected chi connectivity index (χ2v) is 9.89. The zero-order valence-corrected chi connectivity index (χ0v) is 19.6. The van der Waals surface area contributed by atoms with Gasteiger partial charge in [-0.2, -0.15) is 0 Å². The summed E-state index contributed by atoms with van der Waals surface area (Å²) in [6, 6.07) is 15.7. The highest BCUT2D eigenvalue weighted by Gasteiger charge is 2.36. The van der Waals surface area contributed by atoms with Crippen molar-refractivity contribution >= 4 is 5.91 Å². The van der Waals surface area contributed by atoms with Crippen LogP contribution in [0.15, 0.2) is 48.5 Å². The van der Waals surface area contributed by atoms with Gasteiger partial charge in [-0.25, -0.2) is 4.39 Å². The molecule has 1 amide bonds. The molecule has 1 heterocycles. The normalized spacial score (nSPS) is 19.4. The molecular formula is C27H37FN2O. The molecule has 0 aromatic heterocycles. The van der Waals surface area contributed by atoms with Crippen molar-refractivity contribution in [2.45, 2.75) is 47.1 Å². The summed E-state index contributed by atoms with van der Waals surface area (Å²) in [6.45, 7) is 14.5. The number of nitrogens with zero attached hydrogens (tertiary/aromatic N) is 2. The van der Waals surface area contributed by atoms with E-state index in [2.05, 4.69) is 49.9 Å². The molecule has 3 nitrogen and oxygen atoms in total. The Morgan fingerprint density at radius 1 is 1.10 bits per heavy atom. The van der Waals surface area contributed by atoms with Crippen molar-refractivity contribution < 1.29 is 9.18 Å². The van der Waals surface area contributed by atoms with E-state index >= 15 is 0 Å². The Morgan fingerprint density at radius 3 is 2.42 bits per heavy atom. The van der Waals surface area contributed by atoms with Gasteiger partial charge in [0.1, 0.15) is 5.82 Å². The number of carbonyl (C=O) groups is 1. The molecule has 1 saturated heterocycles. The van der Waals surface area contributed by atoms with Gasteiger partial charge in [0.25, 0.3) is 0 Å². The molecule has 0 aliphatic carbocycles. The van der Waals surface area contributed by atoms with Crippen molar-refractivity contribution in [3.05, 3.63) is 71.0 Å². The van der Waals surface area contributed by atoms with Crippen LogP contribution in [0.4, 0.5) is 4.39 Å². The van der Waals surface area contributed by atoms with Gasteiger partial charge in [0.05, 0.1) is 0 Å². The number of hydrogen-bond acceptors (Lipinski definition) is 2. The zero-order valence-electron chi connectivity index (χ0n) is 19.6. The topological polar surface area (TPSA) is 23.6 Å². The molecule has 0 spiro atoms. The van der Waals surface area contributed by atoms with Gasteiger partial charge < -0.3 is 4.90 Å². The van der Waals surface area contributed by atoms with Gasteiger partial charge in [-0.05, 0) is 42.0 Å². The number of rotatable bonds is 8. The molecule has 0 unspecified atom stereocenters. The first-order valence-electron chi connectivity index (χ1n) is 11.5. The number of aryl methyl sites for hydroxylation is 1. The summed E-state index contributed by atoms with van der Waals surface area (Å²) in [7, 11) is 0. The van der Waals surface area contributed by atoms with E-state index in [9.17, 15) is 9.18 Å². The fourth-order valence-electron chi connectivity index (χ4n) is 4.68. The van der Waals surface area contributed by atoms with Gasteiger partial charge >= 0.3 is 0 Å². The molecule has 0 bridgehead atoms. The van der Waals surface area contributed by atoms with Crippen LogP contribution < -0.4 is 0 Å². The van der Waals surface area contributed by atoms with E-state index in [1.165, 1.54) is 17.2 Å². The van der Waals surface area contributed by atoms with Gasteiger partial charge in [-0.3, -0.25) is 9.69 Å². The third-order valence-electron chi connectivity index (χ3n) is 6.17. The minimum Gasteiger partial charge on any atom is -0.342 e. The van der Waals surface area contributed by atoms with E-state index in [1.54, 1.807) is 12.1 Å². The number of benzene rings is 2. The molecule has 0 saturated carbocycles. The lowest BCUT2D eigenvalue weighted by atomic mass is 9.88. The SMILES string of the molecule is Cc1ccc(CN2C[C@H](CN(CC(C)C)C(=O)C(C)C)[C@@H](c3cccc(F)c3)C2)cc1. The lowest BCUT2D eigenvalue weighted by Crippen LogP contribution is -2.41. The third kappa shape index (κ3) is 6.39. The first kappa shape index (κ1) is 23.5. The van der Waals surface area contributed by atoms with E-state index in [-0.39, 0.29) is 29.5 Å². The highest BCUT2D eigenvalue weighted by atomic mass is 19.1. The highest BCUT2D eigenvalue weighted by molar-refractivity contribution is 5.78. The minimum atomic E-state index is -0.189. The van der Waals surface area contributed by atoms with E-state index in [0.717, 1.165) is 38.3 Å². The summed E-state index contributed by atoms with van der Waals surface area (Å²) in [5, 5.41) is 0. The molecule has 1 aliphatic rings. The number of amides is 1. The second-order valence-electron chi connectivity index (χ2n) is 9.89. The van der Waals surface area contributed by atoms with E-state index in [0.29, 0.717) is 5.92 Å². The largest absolute Gasteiger partial charge is 0.342 e. The maximum Gasteiger partial charge on any atom is 0.225 e. The predicted octanol–water partition coefficient (Wildman–Crippen LogP) is 5.49. The fourth-order valence-corrected chi connectivity index (χ4v) is 4.68. The molecule has 4 heteroatoms. The van der Waals surface area contributed by atoms with Crippen LogP contribution in [0.1, 0.15) is 50.3 Å². The Labute approximate surface area is 187 Å². The maximum atomic E-state index is 14.0. The summed E-state index contributed by atoms with van der Waals surface area (Å²) in [4.78, 5) is 17.4. The van der Waals surface area contributed by atoms with Crippen molar-refractivity contribution in [3.63, 3.8) is 0 Å². The van der Waals surface area contributed by atoms with Crippen LogP contribution in [0.25, 0.3) is 0 Å². The molecule has 0 radical (unpaired) electrons. The predicted molar refractivity (Wildman–Crippen MR) is 125 cm³/mol. The van der Waals surface area contributed by atoms with E-state index in [1.807, 2.05) is 24.8 Å². The second kappa shape index (κ2) is 10.4. The first-order chi connectivity index (χ1) is 14.7. The summed E-state index contributed by atoms with van der Waals surface area (Å²) >= 11 is 0. The van der Waals surface area contributed by atoms with Gasteiger partial charge in [0.15, 0.2) is 0 Å². The van der Waals surface area contributed by atoms with Crippen molar-refractivity contribution in [1.82, 2.24) is 9.80 Å². The van der Waals surface area contributed by atoms with Crippen LogP contribution in [0, 0.1) is 30.5 Å². The Bertz CT molecular complexity index is 862. The number of hydrogen-bond donors (Lipinski definition) is 0. The number of halogens is 1. The van der Waals surface area contributed by atoms with Gasteiger partial charge in [0.2, 0.25) is 5.91 Å². The molecule has 168 valence electrons. The van der Waals surface area contributed by atoms with Crippen LogP contribution in [0.2, 0.25) is 0 Å². The quantitative estimate of drug-likeness (QED) is 0.559. The van der Waals surface area contributed by atoms with Crippen molar-refractivity contribution in [1.29, 1.82) is 0 Å². The summed E-state index contributed by atoms with van der Waals surface area (Å²) in [5.74, 6) is 0.926. The first-order valence-corrected chi connectivity index (χ1v) is 11.5. The molecule has 2 aromatic carbocycles. The fraction of sp³-hybridized carbons (Fsp3) is 0.519. The highest BCUT2D eigenvalue weighted by Crippen LogP contribution is 2.35. The molecule has 2 atom stereocenters. The average molecular weight is 425 g/mol. The summed E-state index contributed by atoms with van der Waals surface area (Å²) in [6.07, 6.45) is 0. The van der Waals surface area contributed by atoms with Crippen molar-refractivity contribution in [2.24, 2.45) is 17.8 Å². The summed E-state index contributed by atoms with van der Waals surface area (Å²) < 4.78 is 14.0. The molecule has 1 aliphatic heterocycles. The van der Waals surface area contributed by atoms with Gasteiger partial charge in [-0.15, -0.1) is 0 Å². The number of likely N-dealkylation sites (tertiary alicyclic amines) is 1. The van der Waals surface area contributed by atoms with E-state index in [4.69, 9.17) is 0 Å². The van der Waals surface area contributed by atoms with Crippen molar-refractivity contribution in [2.75, 3.05) is 26.2 Å². The average Bonchev–Trinajstić information content (AvgIpc) is 3.10. The van der Waals surface area contributed by atoms with Crippen LogP contribution >= 0.6 is 0 Å². The Balaban J connectivity index is 1.82. The van der Waals surface area contributed by atoms with Crippen molar-refractivity contribution in [3.8, 4) is 0 Å². The molecule has 3 rings (SSSR count). The molecule has 0 N–H and O–H groups in total. The molecule has 31 heavy (non-hydrogen) atoms. The minimum absolute atomic E-state index is 0.0172. The zero-order chi connectivity index (χ0) is 22.5. The van der Waals surface area contributed by atoms with E-state index < -0.39 is 0 Å². The van der Waals surface area contributed by atoms with Crippen LogP contribution in [-0.2, 0) is 11.3 Å². The smallest absolute Gasteiger partial charge is 0.225 e. The van der Waals surface area contributed by atoms with Gasteiger partial charge in [0, 0.05) is 44.6 Å². The molecular weight excluding hydrogens is 387 g/mol. The molecule has 2 aromatic rings. The maximum absolute atomic E-state index is 14.0. The van der Waals surface area contributed by atoms with Crippen LogP contribution in [0.3, 0.4) is 0 Å². The Morgan fingerprint density at radius 2 is 1.81 bits per heavy atom. The Hall–Kier alpha value is -2.20. The lowest BCUT2D eigenvalue weighted by molar-refractivity contribution is -0.135. The Kier molecular flexibility index (Phi) is 7.88. The lowest BCUT2D eigenvalue weighted by Gasteiger charge is -2.31. The van der Waals surface area contributed by atoms with Gasteiger partial charge in [-0.1, -0.05) is 69.7 Å². The van der Waals surface area contributed by atoms with Crippen LogP contribution in [0.5, 0.6) is 0 Å². The standard InChI is InChI=1S/C27H37FN2O/c1-19(2)14-30(27(31)20(3)4)17-24-16-29(15-22-11-9-21(5)10-12-22)18-26(24)23-7-6-8-25(28)13-23/h6-13,19-20,24,26H,14-18H2,1-5H3/t24-,26-/m1/s1. The summed E-state index contributed by atoms with van der Waals surface area (Å²) in [5.41, 5.74) is 3.59. The van der Waals surface area contributed by atoms with Crippen LogP contribution in [-0.4, -0.2) is 41.9 Å². The number of carbonyl (C=O) groups excluding carboxylic acids is 1. The third-order valence-corrected chi connectivity index (χ3v) is 6.17.